The second-order valence-corrected chi connectivity index (χ2v) is 4.48. The summed E-state index contributed by atoms with van der Waals surface area (Å²) in [6.45, 7) is 3.49. The Labute approximate surface area is 100 Å². The van der Waals surface area contributed by atoms with Gasteiger partial charge >= 0.3 is 0 Å². The molecule has 1 aromatic carbocycles. The standard InChI is InChI=1S/C13H17FN2O/c1-9-7-10(4-5-12(9)14)13(17)16-11-3-2-6-15-8-11/h4-5,7,11,15H,2-3,6,8H2,1H3,(H,16,17)/t11-/m0/s1. The zero-order valence-electron chi connectivity index (χ0n) is 9.92. The van der Waals surface area contributed by atoms with Crippen molar-refractivity contribution in [1.82, 2.24) is 10.6 Å². The van der Waals surface area contributed by atoms with Crippen LogP contribution in [0.5, 0.6) is 0 Å². The Balaban J connectivity index is 2.01. The zero-order valence-corrected chi connectivity index (χ0v) is 9.92. The van der Waals surface area contributed by atoms with Crippen LogP contribution in [0.15, 0.2) is 18.2 Å². The van der Waals surface area contributed by atoms with Crippen LogP contribution in [0.2, 0.25) is 0 Å². The smallest absolute Gasteiger partial charge is 0.251 e. The quantitative estimate of drug-likeness (QED) is 0.819. The van der Waals surface area contributed by atoms with E-state index in [1.165, 1.54) is 12.1 Å². The van der Waals surface area contributed by atoms with Crippen molar-refractivity contribution in [3.05, 3.63) is 35.1 Å². The van der Waals surface area contributed by atoms with Gasteiger partial charge in [0, 0.05) is 18.2 Å². The van der Waals surface area contributed by atoms with Crippen molar-refractivity contribution >= 4 is 5.91 Å². The molecule has 1 heterocycles. The highest BCUT2D eigenvalue weighted by Crippen LogP contribution is 2.10. The number of aryl methyl sites for hydroxylation is 1. The summed E-state index contributed by atoms with van der Waals surface area (Å²) < 4.78 is 13.1. The normalized spacial score (nSPS) is 20.0. The van der Waals surface area contributed by atoms with E-state index in [-0.39, 0.29) is 17.8 Å². The lowest BCUT2D eigenvalue weighted by atomic mass is 10.1. The molecule has 1 atom stereocenters. The minimum Gasteiger partial charge on any atom is -0.348 e. The van der Waals surface area contributed by atoms with Gasteiger partial charge in [-0.1, -0.05) is 0 Å². The molecule has 0 unspecified atom stereocenters. The molecule has 3 nitrogen and oxygen atoms in total. The Kier molecular flexibility index (Phi) is 3.74. The van der Waals surface area contributed by atoms with E-state index < -0.39 is 0 Å². The monoisotopic (exact) mass is 236 g/mol. The molecule has 2 rings (SSSR count). The Morgan fingerprint density at radius 3 is 3.00 bits per heavy atom. The van der Waals surface area contributed by atoms with Crippen molar-refractivity contribution in [1.29, 1.82) is 0 Å². The van der Waals surface area contributed by atoms with Gasteiger partial charge in [0.2, 0.25) is 0 Å². The summed E-state index contributed by atoms with van der Waals surface area (Å²) in [7, 11) is 0. The largest absolute Gasteiger partial charge is 0.348 e. The van der Waals surface area contributed by atoms with Crippen molar-refractivity contribution < 1.29 is 9.18 Å². The molecule has 4 heteroatoms. The lowest BCUT2D eigenvalue weighted by Crippen LogP contribution is -2.45. The van der Waals surface area contributed by atoms with Gasteiger partial charge in [-0.3, -0.25) is 4.79 Å². The summed E-state index contributed by atoms with van der Waals surface area (Å²) in [4.78, 5) is 11.9. The number of carbonyl (C=O) groups excluding carboxylic acids is 1. The van der Waals surface area contributed by atoms with E-state index in [0.717, 1.165) is 25.9 Å². The highest BCUT2D eigenvalue weighted by Gasteiger charge is 2.16. The number of hydrogen-bond acceptors (Lipinski definition) is 2. The number of benzene rings is 1. The van der Waals surface area contributed by atoms with E-state index in [0.29, 0.717) is 11.1 Å². The van der Waals surface area contributed by atoms with Crippen LogP contribution in [0.25, 0.3) is 0 Å². The van der Waals surface area contributed by atoms with Crippen molar-refractivity contribution in [2.24, 2.45) is 0 Å². The number of rotatable bonds is 2. The van der Waals surface area contributed by atoms with Crippen LogP contribution in [0.1, 0.15) is 28.8 Å². The molecule has 1 amide bonds. The molecule has 1 fully saturated rings. The van der Waals surface area contributed by atoms with E-state index in [2.05, 4.69) is 10.6 Å². The summed E-state index contributed by atoms with van der Waals surface area (Å²) >= 11 is 0. The van der Waals surface area contributed by atoms with Crippen LogP contribution >= 0.6 is 0 Å². The Hall–Kier alpha value is -1.42. The van der Waals surface area contributed by atoms with E-state index in [4.69, 9.17) is 0 Å². The fraction of sp³-hybridized carbons (Fsp3) is 0.462. The Bertz CT molecular complexity index is 414. The van der Waals surface area contributed by atoms with Gasteiger partial charge in [-0.25, -0.2) is 4.39 Å². The van der Waals surface area contributed by atoms with Crippen LogP contribution in [-0.2, 0) is 0 Å². The van der Waals surface area contributed by atoms with Crippen molar-refractivity contribution in [3.63, 3.8) is 0 Å². The summed E-state index contributed by atoms with van der Waals surface area (Å²) in [5.74, 6) is -0.400. The summed E-state index contributed by atoms with van der Waals surface area (Å²) in [6.07, 6.45) is 2.08. The zero-order chi connectivity index (χ0) is 12.3. The molecule has 0 aromatic heterocycles. The van der Waals surface area contributed by atoms with Gasteiger partial charge in [0.25, 0.3) is 5.91 Å². The van der Waals surface area contributed by atoms with E-state index in [1.807, 2.05) is 0 Å². The van der Waals surface area contributed by atoms with Gasteiger partial charge in [-0.2, -0.15) is 0 Å². The molecular weight excluding hydrogens is 219 g/mol. The first-order valence-corrected chi connectivity index (χ1v) is 5.94. The number of nitrogens with one attached hydrogen (secondary N) is 2. The maximum absolute atomic E-state index is 13.1. The Morgan fingerprint density at radius 2 is 2.35 bits per heavy atom. The second-order valence-electron chi connectivity index (χ2n) is 4.48. The molecule has 1 aliphatic rings. The average Bonchev–Trinajstić information content (AvgIpc) is 2.34. The molecular formula is C13H17FN2O. The predicted octanol–water partition coefficient (Wildman–Crippen LogP) is 1.62. The first-order valence-electron chi connectivity index (χ1n) is 5.94. The van der Waals surface area contributed by atoms with Gasteiger partial charge < -0.3 is 10.6 Å². The topological polar surface area (TPSA) is 41.1 Å². The van der Waals surface area contributed by atoms with E-state index in [9.17, 15) is 9.18 Å². The van der Waals surface area contributed by atoms with Gasteiger partial charge in [0.05, 0.1) is 0 Å². The van der Waals surface area contributed by atoms with Crippen LogP contribution < -0.4 is 10.6 Å². The molecule has 2 N–H and O–H groups in total. The molecule has 0 spiro atoms. The van der Waals surface area contributed by atoms with Crippen molar-refractivity contribution in [3.8, 4) is 0 Å². The summed E-state index contributed by atoms with van der Waals surface area (Å²) in [5, 5.41) is 6.20. The third-order valence-corrected chi connectivity index (χ3v) is 3.05. The summed E-state index contributed by atoms with van der Waals surface area (Å²) in [6, 6.07) is 4.62. The van der Waals surface area contributed by atoms with Gasteiger partial charge in [0.15, 0.2) is 0 Å². The predicted molar refractivity (Wildman–Crippen MR) is 64.5 cm³/mol. The van der Waals surface area contributed by atoms with Crippen LogP contribution in [0.4, 0.5) is 4.39 Å². The average molecular weight is 236 g/mol. The minimum absolute atomic E-state index is 0.123. The Morgan fingerprint density at radius 1 is 1.53 bits per heavy atom. The van der Waals surface area contributed by atoms with Gasteiger partial charge in [-0.05, 0) is 50.1 Å². The fourth-order valence-electron chi connectivity index (χ4n) is 2.03. The minimum atomic E-state index is -0.277. The lowest BCUT2D eigenvalue weighted by molar-refractivity contribution is 0.0930. The number of halogens is 1. The fourth-order valence-corrected chi connectivity index (χ4v) is 2.03. The van der Waals surface area contributed by atoms with E-state index in [1.54, 1.807) is 13.0 Å². The molecule has 0 bridgehead atoms. The maximum Gasteiger partial charge on any atom is 0.251 e. The highest BCUT2D eigenvalue weighted by atomic mass is 19.1. The second kappa shape index (κ2) is 5.27. The summed E-state index contributed by atoms with van der Waals surface area (Å²) in [5.41, 5.74) is 1.02. The van der Waals surface area contributed by atoms with Crippen LogP contribution in [0.3, 0.4) is 0 Å². The lowest BCUT2D eigenvalue weighted by Gasteiger charge is -2.23. The maximum atomic E-state index is 13.1. The number of carbonyl (C=O) groups is 1. The number of piperidine rings is 1. The molecule has 1 aliphatic heterocycles. The molecule has 0 radical (unpaired) electrons. The van der Waals surface area contributed by atoms with Crippen LogP contribution in [-0.4, -0.2) is 25.0 Å². The molecule has 1 saturated heterocycles. The molecule has 0 saturated carbocycles. The number of amides is 1. The molecule has 92 valence electrons. The molecule has 0 aliphatic carbocycles. The first kappa shape index (κ1) is 12.0. The van der Waals surface area contributed by atoms with Crippen molar-refractivity contribution in [2.75, 3.05) is 13.1 Å². The molecule has 1 aromatic rings. The number of hydrogen-bond donors (Lipinski definition) is 2. The van der Waals surface area contributed by atoms with Crippen molar-refractivity contribution in [2.45, 2.75) is 25.8 Å². The van der Waals surface area contributed by atoms with Gasteiger partial charge in [0.1, 0.15) is 5.82 Å². The van der Waals surface area contributed by atoms with Crippen LogP contribution in [0, 0.1) is 12.7 Å². The third kappa shape index (κ3) is 3.03. The first-order chi connectivity index (χ1) is 8.16. The third-order valence-electron chi connectivity index (χ3n) is 3.05. The highest BCUT2D eigenvalue weighted by molar-refractivity contribution is 5.94. The van der Waals surface area contributed by atoms with Gasteiger partial charge in [-0.15, -0.1) is 0 Å². The van der Waals surface area contributed by atoms with E-state index >= 15 is 0 Å². The molecule has 17 heavy (non-hydrogen) atoms. The SMILES string of the molecule is Cc1cc(C(=O)N[C@H]2CCCNC2)ccc1F.